The number of benzene rings is 1. The van der Waals surface area contributed by atoms with Gasteiger partial charge in [-0.25, -0.2) is 4.79 Å². The molecule has 0 fully saturated rings. The van der Waals surface area contributed by atoms with Crippen LogP contribution in [-0.4, -0.2) is 11.1 Å². The number of hydrogen-bond donors (Lipinski definition) is 2. The van der Waals surface area contributed by atoms with Gasteiger partial charge in [0.25, 0.3) is 0 Å². The van der Waals surface area contributed by atoms with Crippen molar-refractivity contribution in [1.82, 2.24) is 5.48 Å². The van der Waals surface area contributed by atoms with Crippen LogP contribution in [0.2, 0.25) is 0 Å². The fraction of sp³-hybridized carbons (Fsp3) is 0.214. The molecule has 0 radical (unpaired) electrons. The van der Waals surface area contributed by atoms with Gasteiger partial charge in [-0.15, -0.1) is 0 Å². The molecule has 5 heteroatoms. The predicted molar refractivity (Wildman–Crippen MR) is 68.4 cm³/mol. The number of aromatic carboxylic acids is 1. The van der Waals surface area contributed by atoms with Crippen molar-refractivity contribution >= 4 is 5.97 Å². The molecule has 0 amide bonds. The Balaban J connectivity index is 1.83. The lowest BCUT2D eigenvalue weighted by Crippen LogP contribution is -2.18. The maximum Gasteiger partial charge on any atom is 0.371 e. The van der Waals surface area contributed by atoms with Crippen LogP contribution in [0.4, 0.5) is 0 Å². The van der Waals surface area contributed by atoms with Crippen LogP contribution >= 0.6 is 0 Å². The summed E-state index contributed by atoms with van der Waals surface area (Å²) in [4.78, 5) is 16.0. The van der Waals surface area contributed by atoms with E-state index in [1.807, 2.05) is 37.3 Å². The van der Waals surface area contributed by atoms with E-state index in [0.29, 0.717) is 12.4 Å². The SMILES string of the molecule is CC(NOCc1ccccc1)c1ccc(C(=O)O)o1. The number of carboxylic acid groups (broad SMARTS) is 1. The van der Waals surface area contributed by atoms with Crippen LogP contribution in [-0.2, 0) is 11.4 Å². The Kier molecular flexibility index (Phi) is 4.33. The Hall–Kier alpha value is -2.11. The molecular formula is C14H15NO4. The summed E-state index contributed by atoms with van der Waals surface area (Å²) in [6.45, 7) is 2.26. The van der Waals surface area contributed by atoms with Gasteiger partial charge in [0.05, 0.1) is 12.6 Å². The first kappa shape index (κ1) is 13.3. The maximum atomic E-state index is 10.7. The monoisotopic (exact) mass is 261 g/mol. The Labute approximate surface area is 110 Å². The minimum atomic E-state index is -1.08. The molecule has 1 unspecified atom stereocenters. The van der Waals surface area contributed by atoms with Crippen LogP contribution in [0.15, 0.2) is 46.9 Å². The van der Waals surface area contributed by atoms with Gasteiger partial charge in [-0.05, 0) is 24.6 Å². The summed E-state index contributed by atoms with van der Waals surface area (Å²) in [7, 11) is 0. The third-order valence-electron chi connectivity index (χ3n) is 2.61. The molecule has 0 bridgehead atoms. The second-order valence-corrected chi connectivity index (χ2v) is 4.12. The highest BCUT2D eigenvalue weighted by Crippen LogP contribution is 2.16. The lowest BCUT2D eigenvalue weighted by Gasteiger charge is -2.11. The van der Waals surface area contributed by atoms with Crippen LogP contribution in [0.1, 0.15) is 34.8 Å². The zero-order valence-corrected chi connectivity index (χ0v) is 10.5. The van der Waals surface area contributed by atoms with E-state index in [2.05, 4.69) is 5.48 Å². The number of hydroxylamine groups is 1. The Morgan fingerprint density at radius 2 is 2.05 bits per heavy atom. The van der Waals surface area contributed by atoms with Crippen LogP contribution in [0.25, 0.3) is 0 Å². The molecule has 0 spiro atoms. The van der Waals surface area contributed by atoms with Crippen molar-refractivity contribution in [3.63, 3.8) is 0 Å². The molecule has 2 aromatic rings. The molecule has 1 atom stereocenters. The average Bonchev–Trinajstić information content (AvgIpc) is 2.89. The molecular weight excluding hydrogens is 246 g/mol. The number of carbonyl (C=O) groups is 1. The van der Waals surface area contributed by atoms with Gasteiger partial charge in [0.2, 0.25) is 5.76 Å². The summed E-state index contributed by atoms with van der Waals surface area (Å²) in [6, 6.07) is 12.6. The van der Waals surface area contributed by atoms with Crippen LogP contribution in [0.3, 0.4) is 0 Å². The first-order valence-corrected chi connectivity index (χ1v) is 5.91. The molecule has 0 saturated heterocycles. The lowest BCUT2D eigenvalue weighted by molar-refractivity contribution is 0.00226. The normalized spacial score (nSPS) is 12.3. The van der Waals surface area contributed by atoms with Gasteiger partial charge in [-0.3, -0.25) is 4.84 Å². The van der Waals surface area contributed by atoms with Crippen molar-refractivity contribution in [2.75, 3.05) is 0 Å². The topological polar surface area (TPSA) is 71.7 Å². The van der Waals surface area contributed by atoms with Gasteiger partial charge in [0.1, 0.15) is 5.76 Å². The van der Waals surface area contributed by atoms with Crippen molar-refractivity contribution in [3.05, 3.63) is 59.5 Å². The highest BCUT2D eigenvalue weighted by molar-refractivity contribution is 5.84. The van der Waals surface area contributed by atoms with Crippen molar-refractivity contribution in [3.8, 4) is 0 Å². The fourth-order valence-electron chi connectivity index (χ4n) is 1.58. The number of nitrogens with one attached hydrogen (secondary N) is 1. The number of hydrogen-bond acceptors (Lipinski definition) is 4. The molecule has 19 heavy (non-hydrogen) atoms. The van der Waals surface area contributed by atoms with E-state index in [1.54, 1.807) is 6.07 Å². The van der Waals surface area contributed by atoms with Gasteiger partial charge in [0.15, 0.2) is 0 Å². The molecule has 0 aliphatic heterocycles. The Bertz CT molecular complexity index is 535. The molecule has 0 aliphatic rings. The third kappa shape index (κ3) is 3.67. The first-order chi connectivity index (χ1) is 9.16. The highest BCUT2D eigenvalue weighted by atomic mass is 16.6. The molecule has 1 aromatic heterocycles. The minimum Gasteiger partial charge on any atom is -0.475 e. The van der Waals surface area contributed by atoms with Crippen molar-refractivity contribution in [2.45, 2.75) is 19.6 Å². The summed E-state index contributed by atoms with van der Waals surface area (Å²) in [5, 5.41) is 8.76. The van der Waals surface area contributed by atoms with Gasteiger partial charge in [-0.2, -0.15) is 5.48 Å². The highest BCUT2D eigenvalue weighted by Gasteiger charge is 2.13. The summed E-state index contributed by atoms with van der Waals surface area (Å²) in [5.41, 5.74) is 3.86. The third-order valence-corrected chi connectivity index (χ3v) is 2.61. The van der Waals surface area contributed by atoms with E-state index in [0.717, 1.165) is 5.56 Å². The molecule has 100 valence electrons. The van der Waals surface area contributed by atoms with Gasteiger partial charge in [-0.1, -0.05) is 30.3 Å². The van der Waals surface area contributed by atoms with Gasteiger partial charge in [0, 0.05) is 0 Å². The van der Waals surface area contributed by atoms with E-state index < -0.39 is 5.97 Å². The largest absolute Gasteiger partial charge is 0.475 e. The van der Waals surface area contributed by atoms with Gasteiger partial charge < -0.3 is 9.52 Å². The van der Waals surface area contributed by atoms with Crippen LogP contribution < -0.4 is 5.48 Å². The minimum absolute atomic E-state index is 0.0771. The van der Waals surface area contributed by atoms with Crippen LogP contribution in [0.5, 0.6) is 0 Å². The molecule has 0 aliphatic carbocycles. The summed E-state index contributed by atoms with van der Waals surface area (Å²) < 4.78 is 5.17. The quantitative estimate of drug-likeness (QED) is 0.782. The lowest BCUT2D eigenvalue weighted by atomic mass is 10.2. The molecule has 1 heterocycles. The summed E-state index contributed by atoms with van der Waals surface area (Å²) >= 11 is 0. The number of carboxylic acids is 1. The van der Waals surface area contributed by atoms with E-state index in [9.17, 15) is 4.79 Å². The fourth-order valence-corrected chi connectivity index (χ4v) is 1.58. The standard InChI is InChI=1S/C14H15NO4/c1-10(12-7-8-13(19-12)14(16)17)15-18-9-11-5-3-2-4-6-11/h2-8,10,15H,9H2,1H3,(H,16,17). The molecule has 2 rings (SSSR count). The van der Waals surface area contributed by atoms with Crippen LogP contribution in [0, 0.1) is 0 Å². The summed E-state index contributed by atoms with van der Waals surface area (Å²) in [6.07, 6.45) is 0. The predicted octanol–water partition coefficient (Wildman–Crippen LogP) is 2.76. The summed E-state index contributed by atoms with van der Waals surface area (Å²) in [5.74, 6) is -0.638. The molecule has 5 nitrogen and oxygen atoms in total. The van der Waals surface area contributed by atoms with Gasteiger partial charge >= 0.3 is 5.97 Å². The van der Waals surface area contributed by atoms with Crippen molar-refractivity contribution < 1.29 is 19.2 Å². The maximum absolute atomic E-state index is 10.7. The second-order valence-electron chi connectivity index (χ2n) is 4.12. The zero-order chi connectivity index (χ0) is 13.7. The smallest absolute Gasteiger partial charge is 0.371 e. The van der Waals surface area contributed by atoms with Crippen molar-refractivity contribution in [1.29, 1.82) is 0 Å². The molecule has 1 aromatic carbocycles. The number of furan rings is 1. The number of rotatable bonds is 6. The molecule has 2 N–H and O–H groups in total. The average molecular weight is 261 g/mol. The Morgan fingerprint density at radius 3 is 2.68 bits per heavy atom. The Morgan fingerprint density at radius 1 is 1.32 bits per heavy atom. The van der Waals surface area contributed by atoms with E-state index in [-0.39, 0.29) is 11.8 Å². The zero-order valence-electron chi connectivity index (χ0n) is 10.5. The van der Waals surface area contributed by atoms with E-state index in [1.165, 1.54) is 6.07 Å². The van der Waals surface area contributed by atoms with E-state index in [4.69, 9.17) is 14.4 Å². The van der Waals surface area contributed by atoms with E-state index >= 15 is 0 Å². The second kappa shape index (κ2) is 6.17. The molecule has 0 saturated carbocycles. The van der Waals surface area contributed by atoms with Crippen molar-refractivity contribution in [2.24, 2.45) is 0 Å². The first-order valence-electron chi connectivity index (χ1n) is 5.91.